The molecule has 8 heteroatoms. The lowest BCUT2D eigenvalue weighted by Crippen LogP contribution is -2.31. The van der Waals surface area contributed by atoms with Gasteiger partial charge in [-0.1, -0.05) is 12.1 Å². The molecule has 0 aliphatic carbocycles. The van der Waals surface area contributed by atoms with Crippen LogP contribution in [0.4, 0.5) is 4.39 Å². The van der Waals surface area contributed by atoms with Crippen LogP contribution in [0, 0.1) is 19.7 Å². The fourth-order valence-electron chi connectivity index (χ4n) is 2.91. The molecule has 2 rings (SSSR count). The number of aromatic nitrogens is 1. The lowest BCUT2D eigenvalue weighted by Gasteiger charge is -2.18. The molecule has 1 aromatic heterocycles. The van der Waals surface area contributed by atoms with Crippen molar-refractivity contribution in [2.24, 2.45) is 0 Å². The molecule has 1 amide bonds. The summed E-state index contributed by atoms with van der Waals surface area (Å²) < 4.78 is 22.9. The molecule has 150 valence electrons. The Morgan fingerprint density at radius 2 is 1.82 bits per heavy atom. The van der Waals surface area contributed by atoms with Crippen molar-refractivity contribution < 1.29 is 28.2 Å². The first kappa shape index (κ1) is 21.1. The van der Waals surface area contributed by atoms with Gasteiger partial charge in [-0.25, -0.2) is 9.18 Å². The molecule has 0 saturated carbocycles. The van der Waals surface area contributed by atoms with Gasteiger partial charge in [-0.15, -0.1) is 0 Å². The van der Waals surface area contributed by atoms with Crippen LogP contribution >= 0.6 is 0 Å². The Balaban J connectivity index is 2.30. The zero-order valence-electron chi connectivity index (χ0n) is 16.2. The number of benzene rings is 1. The van der Waals surface area contributed by atoms with Gasteiger partial charge in [-0.05, 0) is 44.0 Å². The average molecular weight is 390 g/mol. The van der Waals surface area contributed by atoms with Crippen LogP contribution in [0.3, 0.4) is 0 Å². The molecule has 0 spiro atoms. The number of hydrogen-bond donors (Lipinski definition) is 2. The SMILES string of the molecule is CCOC(=O)c1c(C)[nH]c(C(=O)NC(CC(=O)OC)c2ccc(F)cc2)c1C. The van der Waals surface area contributed by atoms with Crippen molar-refractivity contribution in [1.82, 2.24) is 10.3 Å². The number of carbonyl (C=O) groups is 3. The third-order valence-corrected chi connectivity index (χ3v) is 4.32. The third kappa shape index (κ3) is 4.76. The van der Waals surface area contributed by atoms with E-state index >= 15 is 0 Å². The average Bonchev–Trinajstić information content (AvgIpc) is 2.96. The van der Waals surface area contributed by atoms with Gasteiger partial charge < -0.3 is 19.8 Å². The summed E-state index contributed by atoms with van der Waals surface area (Å²) in [7, 11) is 1.25. The van der Waals surface area contributed by atoms with Crippen LogP contribution in [-0.2, 0) is 14.3 Å². The number of ether oxygens (including phenoxy) is 2. The van der Waals surface area contributed by atoms with Crippen molar-refractivity contribution >= 4 is 17.8 Å². The molecule has 0 aliphatic rings. The van der Waals surface area contributed by atoms with E-state index in [0.29, 0.717) is 22.4 Å². The topological polar surface area (TPSA) is 97.5 Å². The number of aromatic amines is 1. The van der Waals surface area contributed by atoms with Gasteiger partial charge in [0.25, 0.3) is 5.91 Å². The van der Waals surface area contributed by atoms with Gasteiger partial charge in [-0.3, -0.25) is 9.59 Å². The Morgan fingerprint density at radius 3 is 2.39 bits per heavy atom. The Kier molecular flexibility index (Phi) is 6.92. The second-order valence-electron chi connectivity index (χ2n) is 6.20. The zero-order valence-corrected chi connectivity index (χ0v) is 16.2. The van der Waals surface area contributed by atoms with E-state index in [2.05, 4.69) is 15.0 Å². The fraction of sp³-hybridized carbons (Fsp3) is 0.350. The number of rotatable bonds is 7. The van der Waals surface area contributed by atoms with Gasteiger partial charge in [0.15, 0.2) is 0 Å². The Morgan fingerprint density at radius 1 is 1.18 bits per heavy atom. The maximum absolute atomic E-state index is 13.2. The van der Waals surface area contributed by atoms with E-state index < -0.39 is 29.7 Å². The molecule has 1 aromatic carbocycles. The van der Waals surface area contributed by atoms with E-state index in [-0.39, 0.29) is 18.7 Å². The smallest absolute Gasteiger partial charge is 0.340 e. The minimum atomic E-state index is -0.727. The minimum absolute atomic E-state index is 0.128. The zero-order chi connectivity index (χ0) is 20.8. The molecule has 28 heavy (non-hydrogen) atoms. The summed E-state index contributed by atoms with van der Waals surface area (Å²) in [6.45, 7) is 5.22. The number of carbonyl (C=O) groups excluding carboxylic acids is 3. The van der Waals surface area contributed by atoms with Crippen molar-refractivity contribution in [2.75, 3.05) is 13.7 Å². The molecule has 2 aromatic rings. The maximum Gasteiger partial charge on any atom is 0.340 e. The first-order chi connectivity index (χ1) is 13.3. The predicted octanol–water partition coefficient (Wildman–Crippen LogP) is 2.98. The van der Waals surface area contributed by atoms with Crippen LogP contribution in [-0.4, -0.2) is 36.5 Å². The van der Waals surface area contributed by atoms with Crippen LogP contribution in [0.5, 0.6) is 0 Å². The number of amides is 1. The van der Waals surface area contributed by atoms with Crippen LogP contribution in [0.15, 0.2) is 24.3 Å². The predicted molar refractivity (Wildman–Crippen MR) is 99.5 cm³/mol. The summed E-state index contributed by atoms with van der Waals surface area (Å²) >= 11 is 0. The number of H-pyrrole nitrogens is 1. The third-order valence-electron chi connectivity index (χ3n) is 4.32. The number of halogens is 1. The summed E-state index contributed by atoms with van der Waals surface area (Å²) in [5.74, 6) is -1.98. The molecule has 0 saturated heterocycles. The molecule has 1 atom stereocenters. The number of hydrogen-bond acceptors (Lipinski definition) is 5. The first-order valence-corrected chi connectivity index (χ1v) is 8.77. The largest absolute Gasteiger partial charge is 0.469 e. The van der Waals surface area contributed by atoms with E-state index in [9.17, 15) is 18.8 Å². The van der Waals surface area contributed by atoms with Crippen LogP contribution in [0.1, 0.15) is 57.1 Å². The number of aryl methyl sites for hydroxylation is 1. The highest BCUT2D eigenvalue weighted by Crippen LogP contribution is 2.22. The molecule has 0 aliphatic heterocycles. The number of nitrogens with one attached hydrogen (secondary N) is 2. The molecule has 0 fully saturated rings. The molecular formula is C20H23FN2O5. The van der Waals surface area contributed by atoms with Gasteiger partial charge in [0.05, 0.1) is 31.7 Å². The second kappa shape index (κ2) is 9.16. The van der Waals surface area contributed by atoms with E-state index in [0.717, 1.165) is 0 Å². The van der Waals surface area contributed by atoms with Gasteiger partial charge in [0.1, 0.15) is 11.5 Å². The molecule has 0 bridgehead atoms. The van der Waals surface area contributed by atoms with Crippen molar-refractivity contribution in [2.45, 2.75) is 33.2 Å². The highest BCUT2D eigenvalue weighted by molar-refractivity contribution is 6.00. The number of methoxy groups -OCH3 is 1. The van der Waals surface area contributed by atoms with Gasteiger partial charge in [0.2, 0.25) is 0 Å². The Bertz CT molecular complexity index is 873. The normalized spacial score (nSPS) is 11.6. The fourth-order valence-corrected chi connectivity index (χ4v) is 2.91. The highest BCUT2D eigenvalue weighted by Gasteiger charge is 2.26. The van der Waals surface area contributed by atoms with Crippen LogP contribution < -0.4 is 5.32 Å². The summed E-state index contributed by atoms with van der Waals surface area (Å²) in [6.07, 6.45) is -0.128. The molecular weight excluding hydrogens is 367 g/mol. The first-order valence-electron chi connectivity index (χ1n) is 8.77. The van der Waals surface area contributed by atoms with Gasteiger partial charge in [-0.2, -0.15) is 0 Å². The van der Waals surface area contributed by atoms with Crippen LogP contribution in [0.25, 0.3) is 0 Å². The summed E-state index contributed by atoms with van der Waals surface area (Å²) in [6, 6.07) is 4.73. The van der Waals surface area contributed by atoms with Gasteiger partial charge in [0, 0.05) is 5.69 Å². The molecule has 1 heterocycles. The lowest BCUT2D eigenvalue weighted by atomic mass is 10.0. The van der Waals surface area contributed by atoms with Crippen molar-refractivity contribution in [1.29, 1.82) is 0 Å². The summed E-state index contributed by atoms with van der Waals surface area (Å²) in [5.41, 5.74) is 2.00. The Hall–Kier alpha value is -3.16. The van der Waals surface area contributed by atoms with E-state index in [1.165, 1.54) is 31.4 Å². The standard InChI is InChI=1S/C20H23FN2O5/c1-5-28-20(26)17-11(2)18(22-12(17)3)19(25)23-15(10-16(24)27-4)13-6-8-14(21)9-7-13/h6-9,15,22H,5,10H2,1-4H3,(H,23,25). The van der Waals surface area contributed by atoms with E-state index in [1.807, 2.05) is 0 Å². The van der Waals surface area contributed by atoms with E-state index in [4.69, 9.17) is 4.74 Å². The van der Waals surface area contributed by atoms with Gasteiger partial charge >= 0.3 is 11.9 Å². The van der Waals surface area contributed by atoms with Crippen LogP contribution in [0.2, 0.25) is 0 Å². The summed E-state index contributed by atoms with van der Waals surface area (Å²) in [4.78, 5) is 39.6. The number of esters is 2. The van der Waals surface area contributed by atoms with Crippen molar-refractivity contribution in [3.05, 3.63) is 58.2 Å². The quantitative estimate of drug-likeness (QED) is 0.709. The van der Waals surface area contributed by atoms with Crippen molar-refractivity contribution in [3.8, 4) is 0 Å². The second-order valence-corrected chi connectivity index (χ2v) is 6.20. The molecule has 7 nitrogen and oxygen atoms in total. The summed E-state index contributed by atoms with van der Waals surface area (Å²) in [5, 5.41) is 2.74. The Labute approximate surface area is 162 Å². The molecule has 0 radical (unpaired) electrons. The molecule has 1 unspecified atom stereocenters. The highest BCUT2D eigenvalue weighted by atomic mass is 19.1. The van der Waals surface area contributed by atoms with E-state index in [1.54, 1.807) is 20.8 Å². The maximum atomic E-state index is 13.2. The minimum Gasteiger partial charge on any atom is -0.469 e. The van der Waals surface area contributed by atoms with Crippen molar-refractivity contribution in [3.63, 3.8) is 0 Å². The molecule has 2 N–H and O–H groups in total. The monoisotopic (exact) mass is 390 g/mol. The lowest BCUT2D eigenvalue weighted by molar-refractivity contribution is -0.141.